The van der Waals surface area contributed by atoms with E-state index in [0.29, 0.717) is 29.5 Å². The van der Waals surface area contributed by atoms with Crippen LogP contribution in [0.4, 0.5) is 0 Å². The van der Waals surface area contributed by atoms with Crippen LogP contribution in [0.1, 0.15) is 65.7 Å². The van der Waals surface area contributed by atoms with Crippen LogP contribution in [0, 0.1) is 34.5 Å². The van der Waals surface area contributed by atoms with Gasteiger partial charge in [0.1, 0.15) is 5.78 Å². The first-order valence-corrected chi connectivity index (χ1v) is 10.0. The van der Waals surface area contributed by atoms with E-state index < -0.39 is 0 Å². The number of ketones is 1. The lowest BCUT2D eigenvalue weighted by molar-refractivity contribution is -0.133. The molecule has 0 aliphatic heterocycles. The first-order chi connectivity index (χ1) is 11.4. The molecule has 132 valence electrons. The molecule has 0 amide bonds. The van der Waals surface area contributed by atoms with E-state index in [4.69, 9.17) is 0 Å². The van der Waals surface area contributed by atoms with Gasteiger partial charge in [0.2, 0.25) is 0 Å². The van der Waals surface area contributed by atoms with Crippen molar-refractivity contribution in [1.29, 1.82) is 0 Å². The number of aliphatic hydroxyl groups excluding tert-OH is 1. The van der Waals surface area contributed by atoms with Crippen molar-refractivity contribution in [1.82, 2.24) is 0 Å². The Labute approximate surface area is 146 Å². The molecule has 4 aliphatic rings. The molecular weight excluding hydrogens is 296 g/mol. The molecule has 4 rings (SSSR count). The number of carbonyl (C=O) groups excluding carboxylic acids is 1. The molecule has 7 atom stereocenters. The predicted octanol–water partition coefficient (Wildman–Crippen LogP) is 4.68. The molecule has 0 spiro atoms. The number of aliphatic hydroxyl groups is 1. The molecule has 2 saturated carbocycles. The van der Waals surface area contributed by atoms with Crippen LogP contribution in [0.5, 0.6) is 0 Å². The quantitative estimate of drug-likeness (QED) is 0.799. The monoisotopic (exact) mass is 328 g/mol. The molecule has 2 fully saturated rings. The highest BCUT2D eigenvalue weighted by Crippen LogP contribution is 2.63. The Hall–Kier alpha value is -0.890. The van der Waals surface area contributed by atoms with E-state index in [1.54, 1.807) is 0 Å². The summed E-state index contributed by atoms with van der Waals surface area (Å²) in [5.41, 5.74) is 1.46. The van der Waals surface area contributed by atoms with Crippen molar-refractivity contribution in [2.75, 3.05) is 0 Å². The SMILES string of the molecule is CCC[C@@H]1CC2C3C=CC4=CC(O)CC[C@]4(C)C3CC[C@]2(C)C1=O. The van der Waals surface area contributed by atoms with Crippen molar-refractivity contribution in [2.24, 2.45) is 34.5 Å². The lowest BCUT2D eigenvalue weighted by Gasteiger charge is -2.55. The van der Waals surface area contributed by atoms with Gasteiger partial charge in [0.15, 0.2) is 0 Å². The van der Waals surface area contributed by atoms with E-state index in [1.165, 1.54) is 5.57 Å². The highest BCUT2D eigenvalue weighted by Gasteiger charge is 2.60. The van der Waals surface area contributed by atoms with Gasteiger partial charge in [0, 0.05) is 11.3 Å². The smallest absolute Gasteiger partial charge is 0.142 e. The number of rotatable bonds is 2. The molecule has 4 unspecified atom stereocenters. The third kappa shape index (κ3) is 2.14. The van der Waals surface area contributed by atoms with Crippen molar-refractivity contribution in [2.45, 2.75) is 71.8 Å². The Balaban J connectivity index is 1.70. The van der Waals surface area contributed by atoms with Gasteiger partial charge in [0.25, 0.3) is 0 Å². The molecule has 0 aromatic heterocycles. The van der Waals surface area contributed by atoms with Crippen LogP contribution in [0.2, 0.25) is 0 Å². The van der Waals surface area contributed by atoms with Crippen LogP contribution in [-0.2, 0) is 4.79 Å². The van der Waals surface area contributed by atoms with Crippen molar-refractivity contribution < 1.29 is 9.90 Å². The van der Waals surface area contributed by atoms with Crippen molar-refractivity contribution in [3.63, 3.8) is 0 Å². The minimum absolute atomic E-state index is 0.0862. The molecule has 24 heavy (non-hydrogen) atoms. The zero-order chi connectivity index (χ0) is 17.1. The summed E-state index contributed by atoms with van der Waals surface area (Å²) in [6.45, 7) is 6.87. The van der Waals surface area contributed by atoms with E-state index in [9.17, 15) is 9.90 Å². The van der Waals surface area contributed by atoms with Gasteiger partial charge in [-0.1, -0.05) is 45.4 Å². The normalized spacial score (nSPS) is 50.1. The summed E-state index contributed by atoms with van der Waals surface area (Å²) < 4.78 is 0. The fourth-order valence-electron chi connectivity index (χ4n) is 6.68. The molecule has 2 nitrogen and oxygen atoms in total. The Morgan fingerprint density at radius 3 is 2.67 bits per heavy atom. The minimum atomic E-state index is -0.273. The fraction of sp³-hybridized carbons (Fsp3) is 0.773. The van der Waals surface area contributed by atoms with Crippen LogP contribution in [0.3, 0.4) is 0 Å². The molecule has 1 N–H and O–H groups in total. The van der Waals surface area contributed by atoms with Crippen molar-refractivity contribution in [3.05, 3.63) is 23.8 Å². The highest BCUT2D eigenvalue weighted by molar-refractivity contribution is 5.89. The van der Waals surface area contributed by atoms with E-state index in [2.05, 4.69) is 39.0 Å². The zero-order valence-electron chi connectivity index (χ0n) is 15.4. The Bertz CT molecular complexity index is 603. The van der Waals surface area contributed by atoms with E-state index in [-0.39, 0.29) is 16.9 Å². The fourth-order valence-corrected chi connectivity index (χ4v) is 6.68. The second kappa shape index (κ2) is 5.56. The summed E-state index contributed by atoms with van der Waals surface area (Å²) >= 11 is 0. The average molecular weight is 328 g/mol. The third-order valence-corrected chi connectivity index (χ3v) is 8.14. The summed E-state index contributed by atoms with van der Waals surface area (Å²) in [6, 6.07) is 0. The van der Waals surface area contributed by atoms with Gasteiger partial charge < -0.3 is 5.11 Å². The van der Waals surface area contributed by atoms with Crippen molar-refractivity contribution >= 4 is 5.78 Å². The van der Waals surface area contributed by atoms with Gasteiger partial charge in [-0.25, -0.2) is 0 Å². The van der Waals surface area contributed by atoms with Crippen LogP contribution in [0.15, 0.2) is 23.8 Å². The van der Waals surface area contributed by atoms with E-state index >= 15 is 0 Å². The summed E-state index contributed by atoms with van der Waals surface area (Å²) in [6.07, 6.45) is 14.0. The number of hydrogen-bond acceptors (Lipinski definition) is 2. The topological polar surface area (TPSA) is 37.3 Å². The molecule has 2 heteroatoms. The molecule has 0 aromatic rings. The van der Waals surface area contributed by atoms with Crippen LogP contribution >= 0.6 is 0 Å². The molecular formula is C22H32O2. The van der Waals surface area contributed by atoms with Crippen LogP contribution in [-0.4, -0.2) is 17.0 Å². The van der Waals surface area contributed by atoms with Gasteiger partial charge in [-0.05, 0) is 67.3 Å². The second-order valence-corrected chi connectivity index (χ2v) is 9.34. The number of allylic oxidation sites excluding steroid dienone is 3. The first-order valence-electron chi connectivity index (χ1n) is 10.0. The lowest BCUT2D eigenvalue weighted by atomic mass is 9.49. The molecule has 0 aromatic carbocycles. The van der Waals surface area contributed by atoms with Gasteiger partial charge in [0.05, 0.1) is 6.10 Å². The summed E-state index contributed by atoms with van der Waals surface area (Å²) in [7, 11) is 0. The van der Waals surface area contributed by atoms with E-state index in [0.717, 1.165) is 44.9 Å². The molecule has 0 saturated heterocycles. The number of hydrogen-bond donors (Lipinski definition) is 1. The summed E-state index contributed by atoms with van der Waals surface area (Å²) in [4.78, 5) is 13.1. The number of carbonyl (C=O) groups is 1. The van der Waals surface area contributed by atoms with Crippen molar-refractivity contribution in [3.8, 4) is 0 Å². The molecule has 0 bridgehead atoms. The van der Waals surface area contributed by atoms with Gasteiger partial charge in [-0.15, -0.1) is 0 Å². The molecule has 0 radical (unpaired) electrons. The number of fused-ring (bicyclic) bond motifs is 5. The lowest BCUT2D eigenvalue weighted by Crippen LogP contribution is -2.49. The predicted molar refractivity (Wildman–Crippen MR) is 96.4 cm³/mol. The largest absolute Gasteiger partial charge is 0.389 e. The Morgan fingerprint density at radius 1 is 1.17 bits per heavy atom. The Morgan fingerprint density at radius 2 is 1.92 bits per heavy atom. The third-order valence-electron chi connectivity index (χ3n) is 8.14. The maximum absolute atomic E-state index is 13.1. The van der Waals surface area contributed by atoms with Gasteiger partial charge in [-0.2, -0.15) is 0 Å². The maximum Gasteiger partial charge on any atom is 0.142 e. The number of Topliss-reactive ketones (excluding diaryl/α,β-unsaturated/α-hetero) is 1. The minimum Gasteiger partial charge on any atom is -0.389 e. The first kappa shape index (κ1) is 16.6. The van der Waals surface area contributed by atoms with Crippen LogP contribution < -0.4 is 0 Å². The summed E-state index contributed by atoms with van der Waals surface area (Å²) in [5.74, 6) is 2.59. The average Bonchev–Trinajstić information content (AvgIpc) is 2.81. The summed E-state index contributed by atoms with van der Waals surface area (Å²) in [5, 5.41) is 10.0. The van der Waals surface area contributed by atoms with E-state index in [1.807, 2.05) is 0 Å². The second-order valence-electron chi connectivity index (χ2n) is 9.34. The van der Waals surface area contributed by atoms with Crippen LogP contribution in [0.25, 0.3) is 0 Å². The van der Waals surface area contributed by atoms with Gasteiger partial charge in [-0.3, -0.25) is 4.79 Å². The van der Waals surface area contributed by atoms with Gasteiger partial charge >= 0.3 is 0 Å². The highest BCUT2D eigenvalue weighted by atomic mass is 16.3. The Kier molecular flexibility index (Phi) is 3.84. The molecule has 4 aliphatic carbocycles. The zero-order valence-corrected chi connectivity index (χ0v) is 15.4. The molecule has 0 heterocycles. The standard InChI is InChI=1S/C22H32O2/c1-4-5-14-12-19-17-7-6-15-13-16(23)8-10-21(15,2)18(17)9-11-22(19,3)20(14)24/h6-7,13-14,16-19,23H,4-5,8-12H2,1-3H3/t14-,16?,17?,18?,19?,21+,22+/m1/s1. The maximum atomic E-state index is 13.1.